The molecule has 4 rings (SSSR count). The number of hydrogen-bond acceptors (Lipinski definition) is 4. The van der Waals surface area contributed by atoms with Gasteiger partial charge in [0.15, 0.2) is 11.6 Å². The molecular formula is C17H20F2N2O4S. The summed E-state index contributed by atoms with van der Waals surface area (Å²) >= 11 is 0. The molecule has 0 radical (unpaired) electrons. The molecule has 0 spiro atoms. The molecule has 1 aromatic rings. The number of rotatable bonds is 4. The monoisotopic (exact) mass is 386 g/mol. The highest BCUT2D eigenvalue weighted by atomic mass is 32.2. The molecule has 1 aliphatic carbocycles. The molecule has 1 saturated heterocycles. The van der Waals surface area contributed by atoms with E-state index in [0.717, 1.165) is 18.6 Å². The SMILES string of the molecule is O=CC12CC[C@@H](NS(=O)(=O)N3CCC3)C[C@@H]1COc1c(F)ccc(F)c12. The fraction of sp³-hybridized carbons (Fsp3) is 0.588. The first-order valence-corrected chi connectivity index (χ1v) is 10.2. The van der Waals surface area contributed by atoms with Gasteiger partial charge >= 0.3 is 0 Å². The molecule has 2 fully saturated rings. The highest BCUT2D eigenvalue weighted by Crippen LogP contribution is 2.50. The van der Waals surface area contributed by atoms with Crippen molar-refractivity contribution in [2.45, 2.75) is 37.1 Å². The van der Waals surface area contributed by atoms with Gasteiger partial charge in [-0.05, 0) is 37.8 Å². The molecule has 0 aromatic heterocycles. The summed E-state index contributed by atoms with van der Waals surface area (Å²) in [6.45, 7) is 1.06. The summed E-state index contributed by atoms with van der Waals surface area (Å²) in [5.74, 6) is -1.98. The van der Waals surface area contributed by atoms with Gasteiger partial charge < -0.3 is 9.53 Å². The summed E-state index contributed by atoms with van der Waals surface area (Å²) in [4.78, 5) is 12.0. The number of halogens is 2. The number of fused-ring (bicyclic) bond motifs is 3. The molecule has 26 heavy (non-hydrogen) atoms. The first kappa shape index (κ1) is 17.8. The Bertz CT molecular complexity index is 843. The summed E-state index contributed by atoms with van der Waals surface area (Å²) in [5.41, 5.74) is -1.22. The van der Waals surface area contributed by atoms with E-state index >= 15 is 0 Å². The molecule has 3 aliphatic rings. The fourth-order valence-corrected chi connectivity index (χ4v) is 5.78. The van der Waals surface area contributed by atoms with Gasteiger partial charge in [0.2, 0.25) is 0 Å². The van der Waals surface area contributed by atoms with E-state index in [0.29, 0.717) is 32.2 Å². The van der Waals surface area contributed by atoms with Crippen LogP contribution in [-0.2, 0) is 20.4 Å². The molecule has 1 aromatic carbocycles. The van der Waals surface area contributed by atoms with E-state index in [4.69, 9.17) is 4.74 Å². The standard InChI is InChI=1S/C17H20F2N2O4S/c18-13-2-3-14(19)16-15(13)17(10-22)5-4-12(8-11(17)9-25-16)20-26(23,24)21-6-1-7-21/h2-3,10-12,20H,1,4-9H2/t11-,12-,17?/m1/s1. The van der Waals surface area contributed by atoms with Crippen LogP contribution in [0.4, 0.5) is 8.78 Å². The Morgan fingerprint density at radius 3 is 2.65 bits per heavy atom. The van der Waals surface area contributed by atoms with Crippen molar-refractivity contribution in [2.75, 3.05) is 19.7 Å². The summed E-state index contributed by atoms with van der Waals surface area (Å²) in [5, 5.41) is 0. The molecule has 1 N–H and O–H groups in total. The van der Waals surface area contributed by atoms with Crippen molar-refractivity contribution in [3.8, 4) is 5.75 Å². The minimum Gasteiger partial charge on any atom is -0.490 e. The van der Waals surface area contributed by atoms with Gasteiger partial charge in [0.25, 0.3) is 10.2 Å². The van der Waals surface area contributed by atoms with Gasteiger partial charge in [-0.25, -0.2) is 8.78 Å². The second-order valence-corrected chi connectivity index (χ2v) is 8.95. The van der Waals surface area contributed by atoms with E-state index in [1.54, 1.807) is 0 Å². The molecule has 6 nitrogen and oxygen atoms in total. The van der Waals surface area contributed by atoms with Crippen molar-refractivity contribution in [3.63, 3.8) is 0 Å². The highest BCUT2D eigenvalue weighted by molar-refractivity contribution is 7.87. The Kier molecular flexibility index (Phi) is 4.28. The van der Waals surface area contributed by atoms with E-state index in [9.17, 15) is 22.0 Å². The maximum Gasteiger partial charge on any atom is 0.279 e. The van der Waals surface area contributed by atoms with E-state index in [1.165, 1.54) is 4.31 Å². The Morgan fingerprint density at radius 2 is 2.00 bits per heavy atom. The first-order valence-electron chi connectivity index (χ1n) is 8.72. The van der Waals surface area contributed by atoms with Crippen molar-refractivity contribution in [2.24, 2.45) is 5.92 Å². The first-order chi connectivity index (χ1) is 12.4. The summed E-state index contributed by atoms with van der Waals surface area (Å²) in [7, 11) is -3.54. The summed E-state index contributed by atoms with van der Waals surface area (Å²) in [6.07, 6.45) is 2.48. The van der Waals surface area contributed by atoms with Gasteiger partial charge in [-0.15, -0.1) is 0 Å². The van der Waals surface area contributed by atoms with Crippen LogP contribution in [0.1, 0.15) is 31.2 Å². The third-order valence-corrected chi connectivity index (χ3v) is 7.51. The van der Waals surface area contributed by atoms with Crippen LogP contribution in [0.25, 0.3) is 0 Å². The lowest BCUT2D eigenvalue weighted by Crippen LogP contribution is -2.56. The number of hydrogen-bond donors (Lipinski definition) is 1. The third kappa shape index (κ3) is 2.64. The minimum atomic E-state index is -3.54. The second-order valence-electron chi connectivity index (χ2n) is 7.25. The van der Waals surface area contributed by atoms with Crippen LogP contribution in [0.3, 0.4) is 0 Å². The predicted molar refractivity (Wildman–Crippen MR) is 89.0 cm³/mol. The Hall–Kier alpha value is -1.58. The van der Waals surface area contributed by atoms with Crippen molar-refractivity contribution in [1.29, 1.82) is 0 Å². The van der Waals surface area contributed by atoms with E-state index in [-0.39, 0.29) is 30.4 Å². The van der Waals surface area contributed by atoms with Crippen LogP contribution >= 0.6 is 0 Å². The number of nitrogens with zero attached hydrogens (tertiary/aromatic N) is 1. The molecule has 9 heteroatoms. The molecule has 3 atom stereocenters. The van der Waals surface area contributed by atoms with Crippen LogP contribution in [0.5, 0.6) is 5.75 Å². The third-order valence-electron chi connectivity index (χ3n) is 5.84. The zero-order valence-electron chi connectivity index (χ0n) is 14.1. The van der Waals surface area contributed by atoms with Crippen LogP contribution in [0, 0.1) is 17.6 Å². The van der Waals surface area contributed by atoms with Crippen LogP contribution in [0.15, 0.2) is 12.1 Å². The maximum absolute atomic E-state index is 14.5. The van der Waals surface area contributed by atoms with Gasteiger partial charge in [-0.1, -0.05) is 0 Å². The fourth-order valence-electron chi connectivity index (χ4n) is 4.26. The zero-order chi connectivity index (χ0) is 18.5. The number of ether oxygens (including phenoxy) is 1. The summed E-state index contributed by atoms with van der Waals surface area (Å²) < 4.78 is 62.6. The van der Waals surface area contributed by atoms with Crippen LogP contribution < -0.4 is 9.46 Å². The quantitative estimate of drug-likeness (QED) is 0.796. The zero-order valence-corrected chi connectivity index (χ0v) is 14.9. The molecule has 2 heterocycles. The number of benzene rings is 1. The van der Waals surface area contributed by atoms with Crippen molar-refractivity contribution in [3.05, 3.63) is 29.3 Å². The maximum atomic E-state index is 14.5. The van der Waals surface area contributed by atoms with Gasteiger partial charge in [-0.3, -0.25) is 0 Å². The Morgan fingerprint density at radius 1 is 1.27 bits per heavy atom. The predicted octanol–water partition coefficient (Wildman–Crippen LogP) is 1.50. The highest BCUT2D eigenvalue weighted by Gasteiger charge is 2.52. The van der Waals surface area contributed by atoms with Gasteiger partial charge in [0.05, 0.1) is 12.0 Å². The largest absolute Gasteiger partial charge is 0.490 e. The number of nitrogens with one attached hydrogen (secondary N) is 1. The van der Waals surface area contributed by atoms with E-state index < -0.39 is 33.2 Å². The molecular weight excluding hydrogens is 366 g/mol. The number of aldehydes is 1. The molecule has 1 unspecified atom stereocenters. The van der Waals surface area contributed by atoms with Crippen molar-refractivity contribution >= 4 is 16.5 Å². The average Bonchev–Trinajstić information content (AvgIpc) is 2.55. The topological polar surface area (TPSA) is 75.7 Å². The Balaban J connectivity index is 1.61. The molecule has 1 saturated carbocycles. The normalized spacial score (nSPS) is 31.3. The van der Waals surface area contributed by atoms with Gasteiger partial charge in [0.1, 0.15) is 12.1 Å². The number of carbonyl (C=O) groups excluding carboxylic acids is 1. The van der Waals surface area contributed by atoms with Crippen molar-refractivity contribution < 1.29 is 26.7 Å². The lowest BCUT2D eigenvalue weighted by molar-refractivity contribution is -0.117. The van der Waals surface area contributed by atoms with Crippen molar-refractivity contribution in [1.82, 2.24) is 9.03 Å². The average molecular weight is 386 g/mol. The van der Waals surface area contributed by atoms with E-state index in [1.807, 2.05) is 0 Å². The second kappa shape index (κ2) is 6.24. The molecule has 142 valence electrons. The lowest BCUT2D eigenvalue weighted by atomic mass is 9.61. The van der Waals surface area contributed by atoms with Crippen LogP contribution in [-0.4, -0.2) is 44.7 Å². The van der Waals surface area contributed by atoms with E-state index in [2.05, 4.69) is 4.72 Å². The molecule has 2 aliphatic heterocycles. The van der Waals surface area contributed by atoms with Crippen LogP contribution in [0.2, 0.25) is 0 Å². The molecule has 0 bridgehead atoms. The number of carbonyl (C=O) groups is 1. The smallest absolute Gasteiger partial charge is 0.279 e. The van der Waals surface area contributed by atoms with Gasteiger partial charge in [0, 0.05) is 30.6 Å². The molecule has 0 amide bonds. The lowest BCUT2D eigenvalue weighted by Gasteiger charge is -2.47. The Labute approximate surface area is 150 Å². The van der Waals surface area contributed by atoms with Gasteiger partial charge in [-0.2, -0.15) is 17.4 Å². The minimum absolute atomic E-state index is 0.0344. The summed E-state index contributed by atoms with van der Waals surface area (Å²) in [6, 6.07) is 1.63.